The number of hydrogen-bond donors (Lipinski definition) is 1. The van der Waals surface area contributed by atoms with Crippen molar-refractivity contribution in [2.45, 2.75) is 73.4 Å². The third kappa shape index (κ3) is 7.38. The topological polar surface area (TPSA) is 15.3 Å². The van der Waals surface area contributed by atoms with Crippen molar-refractivity contribution < 1.29 is 0 Å². The molecule has 1 N–H and O–H groups in total. The first-order valence-corrected chi connectivity index (χ1v) is 7.89. The number of nitrogens with one attached hydrogen (secondary N) is 1. The maximum atomic E-state index is 3.74. The van der Waals surface area contributed by atoms with E-state index in [4.69, 9.17) is 0 Å². The summed E-state index contributed by atoms with van der Waals surface area (Å²) in [5, 5.41) is 3.74. The quantitative estimate of drug-likeness (QED) is 0.640. The van der Waals surface area contributed by atoms with Crippen LogP contribution in [0.4, 0.5) is 0 Å². The molecule has 0 aliphatic carbocycles. The second-order valence-corrected chi connectivity index (χ2v) is 6.39. The van der Waals surface area contributed by atoms with Crippen molar-refractivity contribution in [1.29, 1.82) is 0 Å². The standard InChI is InChI=1S/C16H36N2/c1-8-10-17-16(15(7)9-2)12-18(14(5)6)11-13(3)4/h13-17H,8-12H2,1-7H3. The second kappa shape index (κ2) is 9.80. The van der Waals surface area contributed by atoms with Gasteiger partial charge in [0.05, 0.1) is 0 Å². The number of nitrogens with zero attached hydrogens (tertiary/aromatic N) is 1. The highest BCUT2D eigenvalue weighted by atomic mass is 15.2. The minimum atomic E-state index is 0.635. The molecular formula is C16H36N2. The fraction of sp³-hybridized carbons (Fsp3) is 1.00. The van der Waals surface area contributed by atoms with Crippen LogP contribution >= 0.6 is 0 Å². The molecule has 18 heavy (non-hydrogen) atoms. The smallest absolute Gasteiger partial charge is 0.0220 e. The van der Waals surface area contributed by atoms with E-state index in [-0.39, 0.29) is 0 Å². The highest BCUT2D eigenvalue weighted by Crippen LogP contribution is 2.13. The summed E-state index contributed by atoms with van der Waals surface area (Å²) in [4.78, 5) is 2.63. The molecule has 0 amide bonds. The molecule has 0 rings (SSSR count). The van der Waals surface area contributed by atoms with Gasteiger partial charge in [0.25, 0.3) is 0 Å². The zero-order valence-corrected chi connectivity index (χ0v) is 13.8. The van der Waals surface area contributed by atoms with Gasteiger partial charge in [0.2, 0.25) is 0 Å². The Labute approximate surface area is 116 Å². The molecule has 0 spiro atoms. The molecule has 0 bridgehead atoms. The zero-order chi connectivity index (χ0) is 14.1. The SMILES string of the molecule is CCCNC(CN(CC(C)C)C(C)C)C(C)CC. The van der Waals surface area contributed by atoms with Crippen LogP contribution in [0.5, 0.6) is 0 Å². The Hall–Kier alpha value is -0.0800. The van der Waals surface area contributed by atoms with Gasteiger partial charge in [0.1, 0.15) is 0 Å². The van der Waals surface area contributed by atoms with Gasteiger partial charge >= 0.3 is 0 Å². The van der Waals surface area contributed by atoms with Gasteiger partial charge in [-0.1, -0.05) is 41.0 Å². The van der Waals surface area contributed by atoms with Gasteiger partial charge in [-0.15, -0.1) is 0 Å². The van der Waals surface area contributed by atoms with Crippen molar-refractivity contribution >= 4 is 0 Å². The lowest BCUT2D eigenvalue weighted by Gasteiger charge is -2.35. The van der Waals surface area contributed by atoms with Crippen molar-refractivity contribution in [1.82, 2.24) is 10.2 Å². The molecule has 0 heterocycles. The van der Waals surface area contributed by atoms with Crippen molar-refractivity contribution in [3.63, 3.8) is 0 Å². The Kier molecular flexibility index (Phi) is 9.76. The van der Waals surface area contributed by atoms with E-state index in [1.165, 1.54) is 25.9 Å². The van der Waals surface area contributed by atoms with Crippen LogP contribution in [0.15, 0.2) is 0 Å². The highest BCUT2D eigenvalue weighted by Gasteiger charge is 2.20. The van der Waals surface area contributed by atoms with E-state index in [9.17, 15) is 0 Å². The van der Waals surface area contributed by atoms with Crippen LogP contribution in [0, 0.1) is 11.8 Å². The highest BCUT2D eigenvalue weighted by molar-refractivity contribution is 4.78. The van der Waals surface area contributed by atoms with E-state index in [2.05, 4.69) is 58.7 Å². The van der Waals surface area contributed by atoms with Gasteiger partial charge in [0.15, 0.2) is 0 Å². The molecule has 0 aromatic heterocycles. The number of hydrogen-bond acceptors (Lipinski definition) is 2. The van der Waals surface area contributed by atoms with Gasteiger partial charge in [-0.05, 0) is 38.6 Å². The summed E-state index contributed by atoms with van der Waals surface area (Å²) < 4.78 is 0. The normalized spacial score (nSPS) is 15.7. The van der Waals surface area contributed by atoms with Crippen molar-refractivity contribution in [2.24, 2.45) is 11.8 Å². The largest absolute Gasteiger partial charge is 0.312 e. The summed E-state index contributed by atoms with van der Waals surface area (Å²) in [6, 6.07) is 1.28. The molecule has 2 heteroatoms. The third-order valence-electron chi connectivity index (χ3n) is 3.75. The molecule has 0 aromatic rings. The van der Waals surface area contributed by atoms with Crippen LogP contribution in [-0.4, -0.2) is 36.6 Å². The molecule has 0 aliphatic heterocycles. The molecule has 0 aliphatic rings. The Balaban J connectivity index is 4.47. The molecule has 2 atom stereocenters. The maximum Gasteiger partial charge on any atom is 0.0220 e. The predicted molar refractivity (Wildman–Crippen MR) is 83.1 cm³/mol. The molecule has 2 unspecified atom stereocenters. The lowest BCUT2D eigenvalue weighted by molar-refractivity contribution is 0.158. The van der Waals surface area contributed by atoms with Gasteiger partial charge in [-0.25, -0.2) is 0 Å². The second-order valence-electron chi connectivity index (χ2n) is 6.39. The lowest BCUT2D eigenvalue weighted by atomic mass is 9.97. The average molecular weight is 256 g/mol. The predicted octanol–water partition coefficient (Wildman–Crippen LogP) is 3.77. The fourth-order valence-electron chi connectivity index (χ4n) is 2.28. The van der Waals surface area contributed by atoms with Gasteiger partial charge < -0.3 is 5.32 Å². The number of rotatable bonds is 10. The molecule has 2 nitrogen and oxygen atoms in total. The van der Waals surface area contributed by atoms with E-state index in [1.54, 1.807) is 0 Å². The summed E-state index contributed by atoms with van der Waals surface area (Å²) in [6.45, 7) is 19.7. The van der Waals surface area contributed by atoms with E-state index in [1.807, 2.05) is 0 Å². The van der Waals surface area contributed by atoms with E-state index < -0.39 is 0 Å². The Bertz CT molecular complexity index is 190. The zero-order valence-electron chi connectivity index (χ0n) is 13.8. The molecular weight excluding hydrogens is 220 g/mol. The minimum absolute atomic E-state index is 0.635. The summed E-state index contributed by atoms with van der Waals surface area (Å²) in [7, 11) is 0. The first-order valence-electron chi connectivity index (χ1n) is 7.89. The Morgan fingerprint density at radius 2 is 1.56 bits per heavy atom. The summed E-state index contributed by atoms with van der Waals surface area (Å²) in [5.74, 6) is 1.50. The van der Waals surface area contributed by atoms with Crippen molar-refractivity contribution in [3.05, 3.63) is 0 Å². The van der Waals surface area contributed by atoms with Crippen LogP contribution in [0.3, 0.4) is 0 Å². The Morgan fingerprint density at radius 1 is 0.944 bits per heavy atom. The van der Waals surface area contributed by atoms with Crippen LogP contribution < -0.4 is 5.32 Å². The maximum absolute atomic E-state index is 3.74. The summed E-state index contributed by atoms with van der Waals surface area (Å²) >= 11 is 0. The van der Waals surface area contributed by atoms with Gasteiger partial charge in [-0.2, -0.15) is 0 Å². The average Bonchev–Trinajstić information content (AvgIpc) is 2.31. The van der Waals surface area contributed by atoms with Gasteiger partial charge in [-0.3, -0.25) is 4.90 Å². The van der Waals surface area contributed by atoms with E-state index in [0.29, 0.717) is 12.1 Å². The molecule has 0 radical (unpaired) electrons. The van der Waals surface area contributed by atoms with Crippen molar-refractivity contribution in [3.8, 4) is 0 Å². The van der Waals surface area contributed by atoms with E-state index in [0.717, 1.165) is 18.4 Å². The van der Waals surface area contributed by atoms with Crippen LogP contribution in [0.1, 0.15) is 61.3 Å². The van der Waals surface area contributed by atoms with Crippen LogP contribution in [-0.2, 0) is 0 Å². The van der Waals surface area contributed by atoms with Crippen LogP contribution in [0.2, 0.25) is 0 Å². The molecule has 0 fully saturated rings. The van der Waals surface area contributed by atoms with Gasteiger partial charge in [0, 0.05) is 25.2 Å². The lowest BCUT2D eigenvalue weighted by Crippen LogP contribution is -2.48. The summed E-state index contributed by atoms with van der Waals surface area (Å²) in [5.41, 5.74) is 0. The van der Waals surface area contributed by atoms with E-state index >= 15 is 0 Å². The first-order chi connectivity index (χ1) is 8.42. The first kappa shape index (κ1) is 17.9. The molecule has 0 aromatic carbocycles. The molecule has 0 saturated carbocycles. The minimum Gasteiger partial charge on any atom is -0.312 e. The van der Waals surface area contributed by atoms with Crippen LogP contribution in [0.25, 0.3) is 0 Å². The monoisotopic (exact) mass is 256 g/mol. The summed E-state index contributed by atoms with van der Waals surface area (Å²) in [6.07, 6.45) is 2.48. The van der Waals surface area contributed by atoms with Crippen molar-refractivity contribution in [2.75, 3.05) is 19.6 Å². The Morgan fingerprint density at radius 3 is 1.94 bits per heavy atom. The molecule has 0 saturated heterocycles. The third-order valence-corrected chi connectivity index (χ3v) is 3.75. The fourth-order valence-corrected chi connectivity index (χ4v) is 2.28. The molecule has 110 valence electrons.